The lowest BCUT2D eigenvalue weighted by atomic mass is 9.83. The van der Waals surface area contributed by atoms with Crippen LogP contribution < -0.4 is 0 Å². The summed E-state index contributed by atoms with van der Waals surface area (Å²) in [5.41, 5.74) is 0. The van der Waals surface area contributed by atoms with Gasteiger partial charge in [-0.3, -0.25) is 4.90 Å². The van der Waals surface area contributed by atoms with Gasteiger partial charge in [-0.25, -0.2) is 8.78 Å². The Kier molecular flexibility index (Phi) is 5.64. The third kappa shape index (κ3) is 4.38. The van der Waals surface area contributed by atoms with Crippen molar-refractivity contribution in [1.29, 1.82) is 0 Å². The molecule has 0 saturated carbocycles. The molecule has 0 N–H and O–H groups in total. The Morgan fingerprint density at radius 3 is 2.10 bits per heavy atom. The summed E-state index contributed by atoms with van der Waals surface area (Å²) in [5, 5.41) is 0. The van der Waals surface area contributed by atoms with Gasteiger partial charge in [-0.05, 0) is 64.6 Å². The standard InChI is InChI=1S/C17H32F2N2/c1-13(2)16-7-8-20(12-17(16,18)19)11-15-5-9-21(10-6-15)14(3)4/h13-16H,5-12H2,1-4H3. The van der Waals surface area contributed by atoms with Gasteiger partial charge in [-0.15, -0.1) is 0 Å². The normalized spacial score (nSPS) is 29.4. The average Bonchev–Trinajstić information content (AvgIpc) is 2.37. The third-order valence-electron chi connectivity index (χ3n) is 5.43. The van der Waals surface area contributed by atoms with Gasteiger partial charge < -0.3 is 4.90 Å². The fourth-order valence-corrected chi connectivity index (χ4v) is 4.02. The Bertz CT molecular complexity index is 323. The molecule has 124 valence electrons. The van der Waals surface area contributed by atoms with E-state index in [-0.39, 0.29) is 12.5 Å². The predicted molar refractivity (Wildman–Crippen MR) is 83.8 cm³/mol. The summed E-state index contributed by atoms with van der Waals surface area (Å²) in [4.78, 5) is 4.52. The summed E-state index contributed by atoms with van der Waals surface area (Å²) >= 11 is 0. The second-order valence-electron chi connectivity index (χ2n) is 7.71. The topological polar surface area (TPSA) is 6.48 Å². The number of likely N-dealkylation sites (tertiary alicyclic amines) is 2. The molecule has 2 fully saturated rings. The van der Waals surface area contributed by atoms with Crippen LogP contribution in [0.3, 0.4) is 0 Å². The maximum absolute atomic E-state index is 14.2. The highest BCUT2D eigenvalue weighted by molar-refractivity contribution is 4.89. The van der Waals surface area contributed by atoms with Crippen molar-refractivity contribution in [3.05, 3.63) is 0 Å². The van der Waals surface area contributed by atoms with Crippen molar-refractivity contribution in [2.24, 2.45) is 17.8 Å². The Morgan fingerprint density at radius 1 is 1.00 bits per heavy atom. The molecule has 2 saturated heterocycles. The molecule has 0 aromatic heterocycles. The lowest BCUT2D eigenvalue weighted by Gasteiger charge is -2.42. The SMILES string of the molecule is CC(C)C1CCN(CC2CCN(C(C)C)CC2)CC1(F)F. The molecule has 1 atom stereocenters. The first-order valence-electron chi connectivity index (χ1n) is 8.64. The molecule has 21 heavy (non-hydrogen) atoms. The number of hydrogen-bond acceptors (Lipinski definition) is 2. The number of alkyl halides is 2. The van der Waals surface area contributed by atoms with E-state index >= 15 is 0 Å². The van der Waals surface area contributed by atoms with E-state index in [1.165, 1.54) is 0 Å². The molecule has 2 rings (SSSR count). The summed E-state index contributed by atoms with van der Waals surface area (Å²) in [6, 6.07) is 0.608. The lowest BCUT2D eigenvalue weighted by Crippen LogP contribution is -2.52. The quantitative estimate of drug-likeness (QED) is 0.781. The predicted octanol–water partition coefficient (Wildman–Crippen LogP) is 3.72. The third-order valence-corrected chi connectivity index (χ3v) is 5.43. The fourth-order valence-electron chi connectivity index (χ4n) is 4.02. The Labute approximate surface area is 128 Å². The molecular weight excluding hydrogens is 270 g/mol. The molecule has 0 spiro atoms. The molecule has 4 heteroatoms. The van der Waals surface area contributed by atoms with Gasteiger partial charge in [0, 0.05) is 18.5 Å². The summed E-state index contributed by atoms with van der Waals surface area (Å²) in [7, 11) is 0. The zero-order valence-corrected chi connectivity index (χ0v) is 14.1. The molecule has 0 aliphatic carbocycles. The van der Waals surface area contributed by atoms with E-state index in [4.69, 9.17) is 0 Å². The Balaban J connectivity index is 1.80. The molecule has 0 radical (unpaired) electrons. The molecule has 2 nitrogen and oxygen atoms in total. The van der Waals surface area contributed by atoms with E-state index in [0.29, 0.717) is 18.4 Å². The van der Waals surface area contributed by atoms with E-state index in [1.54, 1.807) is 0 Å². The van der Waals surface area contributed by atoms with E-state index in [0.717, 1.165) is 39.0 Å². The van der Waals surface area contributed by atoms with Crippen LogP contribution in [-0.2, 0) is 0 Å². The highest BCUT2D eigenvalue weighted by Gasteiger charge is 2.45. The van der Waals surface area contributed by atoms with Gasteiger partial charge in [-0.2, -0.15) is 0 Å². The van der Waals surface area contributed by atoms with Crippen molar-refractivity contribution < 1.29 is 8.78 Å². The largest absolute Gasteiger partial charge is 0.301 e. The van der Waals surface area contributed by atoms with Crippen LogP contribution in [-0.4, -0.2) is 54.5 Å². The van der Waals surface area contributed by atoms with E-state index in [1.807, 2.05) is 18.7 Å². The van der Waals surface area contributed by atoms with Crippen LogP contribution in [0.5, 0.6) is 0 Å². The van der Waals surface area contributed by atoms with Crippen LogP contribution in [0.2, 0.25) is 0 Å². The monoisotopic (exact) mass is 302 g/mol. The second-order valence-corrected chi connectivity index (χ2v) is 7.71. The minimum absolute atomic E-state index is 0.0275. The van der Waals surface area contributed by atoms with Crippen molar-refractivity contribution in [2.45, 2.75) is 58.9 Å². The molecule has 2 aliphatic heterocycles. The van der Waals surface area contributed by atoms with Crippen LogP contribution >= 0.6 is 0 Å². The molecule has 0 aromatic rings. The lowest BCUT2D eigenvalue weighted by molar-refractivity contribution is -0.127. The molecule has 0 amide bonds. The molecule has 1 unspecified atom stereocenters. The van der Waals surface area contributed by atoms with Gasteiger partial charge in [-0.1, -0.05) is 13.8 Å². The minimum Gasteiger partial charge on any atom is -0.301 e. The van der Waals surface area contributed by atoms with Gasteiger partial charge >= 0.3 is 0 Å². The molecular formula is C17H32F2N2. The van der Waals surface area contributed by atoms with Gasteiger partial charge in [0.1, 0.15) is 0 Å². The first kappa shape index (κ1) is 17.1. The first-order valence-corrected chi connectivity index (χ1v) is 8.64. The highest BCUT2D eigenvalue weighted by atomic mass is 19.3. The van der Waals surface area contributed by atoms with Crippen molar-refractivity contribution in [1.82, 2.24) is 9.80 Å². The summed E-state index contributed by atoms with van der Waals surface area (Å²) in [6.45, 7) is 12.3. The van der Waals surface area contributed by atoms with Crippen LogP contribution in [0.4, 0.5) is 8.78 Å². The number of nitrogens with zero attached hydrogens (tertiary/aromatic N) is 2. The number of halogens is 2. The summed E-state index contributed by atoms with van der Waals surface area (Å²) in [5.74, 6) is -2.26. The Hall–Kier alpha value is -0.220. The average molecular weight is 302 g/mol. The van der Waals surface area contributed by atoms with Crippen molar-refractivity contribution in [2.75, 3.05) is 32.7 Å². The van der Waals surface area contributed by atoms with Crippen molar-refractivity contribution in [3.63, 3.8) is 0 Å². The maximum Gasteiger partial charge on any atom is 0.263 e. The van der Waals surface area contributed by atoms with E-state index < -0.39 is 11.8 Å². The van der Waals surface area contributed by atoms with Gasteiger partial charge in [0.05, 0.1) is 6.54 Å². The maximum atomic E-state index is 14.2. The minimum atomic E-state index is -2.51. The molecule has 0 aromatic carbocycles. The Morgan fingerprint density at radius 2 is 1.62 bits per heavy atom. The second kappa shape index (κ2) is 6.91. The molecule has 0 bridgehead atoms. The van der Waals surface area contributed by atoms with Crippen LogP contribution in [0.15, 0.2) is 0 Å². The van der Waals surface area contributed by atoms with Crippen molar-refractivity contribution in [3.8, 4) is 0 Å². The highest BCUT2D eigenvalue weighted by Crippen LogP contribution is 2.38. The fraction of sp³-hybridized carbons (Fsp3) is 1.00. The van der Waals surface area contributed by atoms with Gasteiger partial charge in [0.2, 0.25) is 0 Å². The number of hydrogen-bond donors (Lipinski definition) is 0. The number of rotatable bonds is 4. The van der Waals surface area contributed by atoms with Crippen LogP contribution in [0.1, 0.15) is 47.0 Å². The van der Waals surface area contributed by atoms with Gasteiger partial charge in [0.15, 0.2) is 0 Å². The van der Waals surface area contributed by atoms with E-state index in [2.05, 4.69) is 18.7 Å². The smallest absolute Gasteiger partial charge is 0.263 e. The zero-order valence-electron chi connectivity index (χ0n) is 14.1. The summed E-state index contributed by atoms with van der Waals surface area (Å²) < 4.78 is 28.5. The molecule has 2 aliphatic rings. The summed E-state index contributed by atoms with van der Waals surface area (Å²) in [6.07, 6.45) is 2.97. The molecule has 2 heterocycles. The van der Waals surface area contributed by atoms with Crippen LogP contribution in [0, 0.1) is 17.8 Å². The van der Waals surface area contributed by atoms with Crippen LogP contribution in [0.25, 0.3) is 0 Å². The van der Waals surface area contributed by atoms with Crippen molar-refractivity contribution >= 4 is 0 Å². The zero-order chi connectivity index (χ0) is 15.6. The van der Waals surface area contributed by atoms with E-state index in [9.17, 15) is 8.78 Å². The first-order chi connectivity index (χ1) is 9.79. The number of piperidine rings is 2. The van der Waals surface area contributed by atoms with Gasteiger partial charge in [0.25, 0.3) is 5.92 Å².